The van der Waals surface area contributed by atoms with Gasteiger partial charge in [-0.05, 0) is 47.0 Å². The maximum atomic E-state index is 13.3. The monoisotopic (exact) mass is 441 g/mol. The van der Waals surface area contributed by atoms with Crippen LogP contribution in [-0.4, -0.2) is 21.6 Å². The Kier molecular flexibility index (Phi) is 5.17. The zero-order valence-electron chi connectivity index (χ0n) is 16.2. The number of benzene rings is 3. The van der Waals surface area contributed by atoms with E-state index in [2.05, 4.69) is 0 Å². The van der Waals surface area contributed by atoms with Crippen molar-refractivity contribution in [3.8, 4) is 11.1 Å². The number of oxazole rings is 1. The number of aromatic nitrogens is 1. The third-order valence-corrected chi connectivity index (χ3v) is 4.88. The molecule has 0 atom stereocenters. The van der Waals surface area contributed by atoms with Crippen molar-refractivity contribution in [2.45, 2.75) is 12.6 Å². The van der Waals surface area contributed by atoms with Gasteiger partial charge in [0.05, 0.1) is 17.5 Å². The van der Waals surface area contributed by atoms with E-state index in [4.69, 9.17) is 9.52 Å². The minimum Gasteiger partial charge on any atom is -0.481 e. The van der Waals surface area contributed by atoms with Crippen LogP contribution in [0.25, 0.3) is 22.2 Å². The van der Waals surface area contributed by atoms with Gasteiger partial charge in [-0.15, -0.1) is 0 Å². The lowest BCUT2D eigenvalue weighted by atomic mass is 9.98. The second-order valence-corrected chi connectivity index (χ2v) is 7.00. The van der Waals surface area contributed by atoms with E-state index in [1.807, 2.05) is 0 Å². The minimum absolute atomic E-state index is 0.0501. The van der Waals surface area contributed by atoms with E-state index in [1.54, 1.807) is 18.2 Å². The molecule has 0 saturated carbocycles. The largest absolute Gasteiger partial charge is 0.481 e. The Morgan fingerprint density at radius 3 is 2.31 bits per heavy atom. The van der Waals surface area contributed by atoms with Crippen molar-refractivity contribution in [2.24, 2.45) is 0 Å². The number of halogens is 3. The Labute approximate surface area is 178 Å². The lowest BCUT2D eigenvalue weighted by Crippen LogP contribution is -2.23. The molecule has 4 aromatic rings. The van der Waals surface area contributed by atoms with E-state index in [9.17, 15) is 27.6 Å². The predicted molar refractivity (Wildman–Crippen MR) is 108 cm³/mol. The smallest absolute Gasteiger partial charge is 0.427 e. The zero-order chi connectivity index (χ0) is 23.0. The SMILES string of the molecule is O=C(O)Cc1ccc2c(c1)oc(=O)n2C(=O)c1ccccc1-c1ccc(C(F)(F)F)cc1. The molecule has 32 heavy (non-hydrogen) atoms. The van der Waals surface area contributed by atoms with Gasteiger partial charge in [-0.25, -0.2) is 9.36 Å². The van der Waals surface area contributed by atoms with Crippen molar-refractivity contribution >= 4 is 23.0 Å². The van der Waals surface area contributed by atoms with E-state index in [0.717, 1.165) is 16.7 Å². The van der Waals surface area contributed by atoms with Gasteiger partial charge >= 0.3 is 17.9 Å². The van der Waals surface area contributed by atoms with Crippen molar-refractivity contribution < 1.29 is 32.3 Å². The number of carbonyl (C=O) groups is 2. The molecule has 0 radical (unpaired) electrons. The number of hydrogen-bond acceptors (Lipinski definition) is 4. The van der Waals surface area contributed by atoms with E-state index in [1.165, 1.54) is 36.4 Å². The highest BCUT2D eigenvalue weighted by Gasteiger charge is 2.30. The van der Waals surface area contributed by atoms with Crippen LogP contribution >= 0.6 is 0 Å². The Morgan fingerprint density at radius 2 is 1.66 bits per heavy atom. The summed E-state index contributed by atoms with van der Waals surface area (Å²) in [6, 6.07) is 14.8. The summed E-state index contributed by atoms with van der Waals surface area (Å²) >= 11 is 0. The molecule has 0 spiro atoms. The van der Waals surface area contributed by atoms with Crippen molar-refractivity contribution in [2.75, 3.05) is 0 Å². The van der Waals surface area contributed by atoms with Gasteiger partial charge in [0.2, 0.25) is 0 Å². The molecular formula is C23H14F3NO5. The first-order valence-electron chi connectivity index (χ1n) is 9.33. The fourth-order valence-electron chi connectivity index (χ4n) is 3.42. The maximum Gasteiger partial charge on any atom is 0.427 e. The fourth-order valence-corrected chi connectivity index (χ4v) is 3.42. The first kappa shape index (κ1) is 21.1. The molecule has 0 amide bonds. The quantitative estimate of drug-likeness (QED) is 0.500. The minimum atomic E-state index is -4.49. The number of hydrogen-bond donors (Lipinski definition) is 1. The first-order chi connectivity index (χ1) is 15.1. The van der Waals surface area contributed by atoms with E-state index < -0.39 is 29.4 Å². The van der Waals surface area contributed by atoms with Gasteiger partial charge in [-0.1, -0.05) is 36.4 Å². The lowest BCUT2D eigenvalue weighted by molar-refractivity contribution is -0.138. The van der Waals surface area contributed by atoms with Crippen LogP contribution in [0.15, 0.2) is 75.9 Å². The summed E-state index contributed by atoms with van der Waals surface area (Å²) in [5, 5.41) is 8.92. The van der Waals surface area contributed by atoms with Crippen LogP contribution in [0.4, 0.5) is 13.2 Å². The molecular weight excluding hydrogens is 427 g/mol. The summed E-state index contributed by atoms with van der Waals surface area (Å²) in [7, 11) is 0. The van der Waals surface area contributed by atoms with Crippen molar-refractivity contribution in [3.63, 3.8) is 0 Å². The maximum absolute atomic E-state index is 13.3. The Balaban J connectivity index is 1.78. The summed E-state index contributed by atoms with van der Waals surface area (Å²) < 4.78 is 44.6. The average Bonchev–Trinajstić information content (AvgIpc) is 3.07. The number of fused-ring (bicyclic) bond motifs is 1. The number of nitrogens with zero attached hydrogens (tertiary/aromatic N) is 1. The van der Waals surface area contributed by atoms with Crippen LogP contribution in [0.2, 0.25) is 0 Å². The summed E-state index contributed by atoms with van der Waals surface area (Å²) in [6.07, 6.45) is -4.77. The molecule has 6 nitrogen and oxygen atoms in total. The lowest BCUT2D eigenvalue weighted by Gasteiger charge is -2.11. The molecule has 1 N–H and O–H groups in total. The first-order valence-corrected chi connectivity index (χ1v) is 9.33. The van der Waals surface area contributed by atoms with Gasteiger partial charge in [0.15, 0.2) is 5.58 Å². The molecule has 3 aromatic carbocycles. The van der Waals surface area contributed by atoms with Gasteiger partial charge < -0.3 is 9.52 Å². The summed E-state index contributed by atoms with van der Waals surface area (Å²) in [5.74, 6) is -2.75. The second-order valence-electron chi connectivity index (χ2n) is 7.00. The van der Waals surface area contributed by atoms with Crippen LogP contribution in [-0.2, 0) is 17.4 Å². The molecule has 0 aliphatic rings. The highest BCUT2D eigenvalue weighted by Crippen LogP contribution is 2.32. The van der Waals surface area contributed by atoms with E-state index in [-0.39, 0.29) is 23.1 Å². The van der Waals surface area contributed by atoms with Gasteiger partial charge in [-0.2, -0.15) is 13.2 Å². The molecule has 1 aromatic heterocycles. The summed E-state index contributed by atoms with van der Waals surface area (Å²) in [4.78, 5) is 36.6. The van der Waals surface area contributed by atoms with Crippen LogP contribution in [0, 0.1) is 0 Å². The second kappa shape index (κ2) is 7.84. The third-order valence-electron chi connectivity index (χ3n) is 4.88. The van der Waals surface area contributed by atoms with Crippen LogP contribution in [0.3, 0.4) is 0 Å². The van der Waals surface area contributed by atoms with E-state index in [0.29, 0.717) is 16.7 Å². The van der Waals surface area contributed by atoms with Crippen molar-refractivity contribution in [1.29, 1.82) is 0 Å². The van der Waals surface area contributed by atoms with Crippen LogP contribution < -0.4 is 5.76 Å². The average molecular weight is 441 g/mol. The Hall–Kier alpha value is -4.14. The normalized spacial score (nSPS) is 11.6. The standard InChI is InChI=1S/C23H14F3NO5/c24-23(25,26)15-8-6-14(7-9-15)16-3-1-2-4-17(16)21(30)27-18-10-5-13(12-20(28)29)11-19(18)32-22(27)31/h1-11H,12H2,(H,28,29). The highest BCUT2D eigenvalue weighted by atomic mass is 19.4. The zero-order valence-corrected chi connectivity index (χ0v) is 16.2. The molecule has 0 bridgehead atoms. The van der Waals surface area contributed by atoms with Crippen LogP contribution in [0.5, 0.6) is 0 Å². The van der Waals surface area contributed by atoms with E-state index >= 15 is 0 Å². The fraction of sp³-hybridized carbons (Fsp3) is 0.0870. The van der Waals surface area contributed by atoms with Gasteiger partial charge in [0.25, 0.3) is 5.91 Å². The van der Waals surface area contributed by atoms with Gasteiger partial charge in [-0.3, -0.25) is 9.59 Å². The number of rotatable bonds is 4. The summed E-state index contributed by atoms with van der Waals surface area (Å²) in [5.41, 5.74) is 0.571. The number of carboxylic acids is 1. The van der Waals surface area contributed by atoms with Crippen molar-refractivity contribution in [1.82, 2.24) is 4.57 Å². The predicted octanol–water partition coefficient (Wildman–Crippen LogP) is 4.60. The topological polar surface area (TPSA) is 89.5 Å². The highest BCUT2D eigenvalue weighted by molar-refractivity contribution is 6.05. The van der Waals surface area contributed by atoms with Gasteiger partial charge in [0, 0.05) is 5.56 Å². The molecule has 1 heterocycles. The Bertz CT molecular complexity index is 1400. The Morgan fingerprint density at radius 1 is 0.969 bits per heavy atom. The molecule has 9 heteroatoms. The number of aliphatic carboxylic acids is 1. The number of alkyl halides is 3. The molecule has 162 valence electrons. The molecule has 0 fully saturated rings. The summed E-state index contributed by atoms with van der Waals surface area (Å²) in [6.45, 7) is 0. The third kappa shape index (κ3) is 3.92. The van der Waals surface area contributed by atoms with Crippen LogP contribution in [0.1, 0.15) is 21.5 Å². The number of carboxylic acid groups (broad SMARTS) is 1. The number of carbonyl (C=O) groups excluding carboxylic acids is 1. The molecule has 4 rings (SSSR count). The van der Waals surface area contributed by atoms with Gasteiger partial charge in [0.1, 0.15) is 0 Å². The molecule has 0 aliphatic carbocycles. The molecule has 0 unspecified atom stereocenters. The van der Waals surface area contributed by atoms with Crippen molar-refractivity contribution in [3.05, 3.63) is 94.0 Å². The molecule has 0 saturated heterocycles. The molecule has 0 aliphatic heterocycles.